The number of rotatable bonds is 4. The van der Waals surface area contributed by atoms with Crippen molar-refractivity contribution in [2.75, 3.05) is 0 Å². The molecule has 0 spiro atoms. The third kappa shape index (κ3) is 10.8. The van der Waals surface area contributed by atoms with Gasteiger partial charge in [0.2, 0.25) is 0 Å². The van der Waals surface area contributed by atoms with E-state index in [0.717, 1.165) is 24.3 Å². The van der Waals surface area contributed by atoms with Gasteiger partial charge in [-0.3, -0.25) is 4.79 Å². The third-order valence-electron chi connectivity index (χ3n) is 3.12. The molecule has 0 N–H and O–H groups in total. The molecule has 2 aromatic rings. The van der Waals surface area contributed by atoms with Crippen molar-refractivity contribution in [2.45, 2.75) is 32.5 Å². The highest BCUT2D eigenvalue weighted by molar-refractivity contribution is 9.10. The first-order valence-electron chi connectivity index (χ1n) is 7.87. The van der Waals surface area contributed by atoms with E-state index in [1.165, 1.54) is 13.0 Å². The van der Waals surface area contributed by atoms with Crippen molar-refractivity contribution in [1.82, 2.24) is 0 Å². The lowest BCUT2D eigenvalue weighted by Crippen LogP contribution is -2.18. The Balaban J connectivity index is 0.000000311. The molecular formula is C18H12Br2F8O3. The molecule has 0 aromatic heterocycles. The monoisotopic (exact) mass is 586 g/mol. The van der Waals surface area contributed by atoms with Crippen molar-refractivity contribution in [3.8, 4) is 11.5 Å². The summed E-state index contributed by atoms with van der Waals surface area (Å²) in [6, 6.07) is 6.25. The van der Waals surface area contributed by atoms with Crippen LogP contribution in [-0.4, -0.2) is 18.5 Å². The van der Waals surface area contributed by atoms with Crippen LogP contribution in [0, 0.1) is 0 Å². The van der Waals surface area contributed by atoms with Crippen molar-refractivity contribution in [2.24, 2.45) is 0 Å². The first-order valence-corrected chi connectivity index (χ1v) is 9.46. The minimum atomic E-state index is -4.90. The number of halogens is 10. The van der Waals surface area contributed by atoms with Gasteiger partial charge in [0, 0.05) is 27.0 Å². The second-order valence-corrected chi connectivity index (χ2v) is 7.72. The standard InChI is InChI=1S/C9H6BrF5O.C9H6BrF3O2/c1-8(11,12)5-2-6(10)4-7(3-5)16-9(13,14)15;1-5(14)6-2-7(10)4-8(3-6)15-9(11,12)13/h2-4H,1H3;2-4H,1H3. The van der Waals surface area contributed by atoms with Gasteiger partial charge >= 0.3 is 12.7 Å². The molecule has 2 aromatic carbocycles. The van der Waals surface area contributed by atoms with Gasteiger partial charge in [-0.05, 0) is 43.3 Å². The molecule has 0 radical (unpaired) electrons. The molecule has 13 heteroatoms. The van der Waals surface area contributed by atoms with E-state index in [1.807, 2.05) is 0 Å². The normalized spacial score (nSPS) is 12.0. The first-order chi connectivity index (χ1) is 13.9. The predicted octanol–water partition coefficient (Wildman–Crippen LogP) is 8.01. The summed E-state index contributed by atoms with van der Waals surface area (Å²) in [6.45, 7) is 1.85. The molecule has 0 aliphatic rings. The van der Waals surface area contributed by atoms with E-state index < -0.39 is 35.7 Å². The molecule has 0 atom stereocenters. The summed E-state index contributed by atoms with van der Waals surface area (Å²) in [5, 5.41) is 0. The Morgan fingerprint density at radius 2 is 1.16 bits per heavy atom. The summed E-state index contributed by atoms with van der Waals surface area (Å²) >= 11 is 5.82. The minimum absolute atomic E-state index is 0.0887. The number of ether oxygens (including phenoxy) is 2. The average molecular weight is 588 g/mol. The Bertz CT molecular complexity index is 921. The van der Waals surface area contributed by atoms with Crippen molar-refractivity contribution >= 4 is 37.6 Å². The van der Waals surface area contributed by atoms with Gasteiger partial charge < -0.3 is 9.47 Å². The van der Waals surface area contributed by atoms with E-state index in [2.05, 4.69) is 41.3 Å². The maximum absolute atomic E-state index is 12.9. The van der Waals surface area contributed by atoms with E-state index in [1.54, 1.807) is 0 Å². The van der Waals surface area contributed by atoms with Crippen molar-refractivity contribution in [1.29, 1.82) is 0 Å². The predicted molar refractivity (Wildman–Crippen MR) is 101 cm³/mol. The summed E-state index contributed by atoms with van der Waals surface area (Å²) < 4.78 is 105. The maximum atomic E-state index is 12.9. The largest absolute Gasteiger partial charge is 0.573 e. The van der Waals surface area contributed by atoms with Crippen LogP contribution in [0.25, 0.3) is 0 Å². The molecule has 0 fully saturated rings. The molecule has 31 heavy (non-hydrogen) atoms. The van der Waals surface area contributed by atoms with E-state index in [0.29, 0.717) is 17.5 Å². The number of hydrogen-bond donors (Lipinski definition) is 0. The van der Waals surface area contributed by atoms with Crippen LogP contribution >= 0.6 is 31.9 Å². The number of carbonyl (C=O) groups is 1. The number of benzene rings is 2. The fraction of sp³-hybridized carbons (Fsp3) is 0.278. The zero-order valence-corrected chi connectivity index (χ0v) is 18.6. The van der Waals surface area contributed by atoms with E-state index in [-0.39, 0.29) is 15.8 Å². The van der Waals surface area contributed by atoms with Crippen molar-refractivity contribution < 1.29 is 49.4 Å². The van der Waals surface area contributed by atoms with Gasteiger partial charge in [0.05, 0.1) is 0 Å². The molecule has 172 valence electrons. The highest BCUT2D eigenvalue weighted by atomic mass is 79.9. The van der Waals surface area contributed by atoms with Gasteiger partial charge in [-0.25, -0.2) is 8.78 Å². The lowest BCUT2D eigenvalue weighted by atomic mass is 10.1. The molecule has 0 saturated carbocycles. The van der Waals surface area contributed by atoms with Crippen LogP contribution in [0.4, 0.5) is 35.1 Å². The molecule has 0 aliphatic carbocycles. The Labute approximate surface area is 187 Å². The highest BCUT2D eigenvalue weighted by Crippen LogP contribution is 2.34. The summed E-state index contributed by atoms with van der Waals surface area (Å²) in [4.78, 5) is 11.0. The molecule has 0 unspecified atom stereocenters. The zero-order chi connectivity index (χ0) is 24.2. The highest BCUT2D eigenvalue weighted by Gasteiger charge is 2.33. The molecule has 3 nitrogen and oxygen atoms in total. The third-order valence-corrected chi connectivity index (χ3v) is 4.04. The summed E-state index contributed by atoms with van der Waals surface area (Å²) in [5.74, 6) is -4.66. The molecule has 0 saturated heterocycles. The van der Waals surface area contributed by atoms with Crippen molar-refractivity contribution in [3.63, 3.8) is 0 Å². The Morgan fingerprint density at radius 3 is 1.55 bits per heavy atom. The van der Waals surface area contributed by atoms with E-state index in [4.69, 9.17) is 0 Å². The zero-order valence-electron chi connectivity index (χ0n) is 15.5. The minimum Gasteiger partial charge on any atom is -0.406 e. The van der Waals surface area contributed by atoms with Gasteiger partial charge in [0.15, 0.2) is 5.78 Å². The van der Waals surface area contributed by atoms with Crippen LogP contribution in [0.5, 0.6) is 11.5 Å². The van der Waals surface area contributed by atoms with E-state index >= 15 is 0 Å². The summed E-state index contributed by atoms with van der Waals surface area (Å²) in [5.41, 5.74) is -0.398. The topological polar surface area (TPSA) is 35.5 Å². The molecule has 0 amide bonds. The second kappa shape index (κ2) is 10.2. The Hall–Kier alpha value is -1.89. The number of ketones is 1. The Morgan fingerprint density at radius 1 is 0.742 bits per heavy atom. The lowest BCUT2D eigenvalue weighted by molar-refractivity contribution is -0.275. The lowest BCUT2D eigenvalue weighted by Gasteiger charge is -2.14. The average Bonchev–Trinajstić information content (AvgIpc) is 2.50. The number of alkyl halides is 8. The van der Waals surface area contributed by atoms with E-state index in [9.17, 15) is 39.9 Å². The van der Waals surface area contributed by atoms with Crippen LogP contribution in [-0.2, 0) is 5.92 Å². The summed E-state index contributed by atoms with van der Waals surface area (Å²) in [6.07, 6.45) is -9.66. The van der Waals surface area contributed by atoms with Crippen LogP contribution in [0.2, 0.25) is 0 Å². The quantitative estimate of drug-likeness (QED) is 0.268. The van der Waals surface area contributed by atoms with Crippen molar-refractivity contribution in [3.05, 3.63) is 56.5 Å². The van der Waals surface area contributed by atoms with Crippen LogP contribution in [0.15, 0.2) is 45.3 Å². The second-order valence-electron chi connectivity index (χ2n) is 5.89. The number of carbonyl (C=O) groups excluding carboxylic acids is 1. The van der Waals surface area contributed by atoms with Gasteiger partial charge in [0.1, 0.15) is 11.5 Å². The van der Waals surface area contributed by atoms with Crippen LogP contribution < -0.4 is 9.47 Å². The van der Waals surface area contributed by atoms with Crippen LogP contribution in [0.3, 0.4) is 0 Å². The SMILES string of the molecule is CC(=O)c1cc(Br)cc(OC(F)(F)F)c1.CC(F)(F)c1cc(Br)cc(OC(F)(F)F)c1. The summed E-state index contributed by atoms with van der Waals surface area (Å²) in [7, 11) is 0. The molecule has 2 rings (SSSR count). The molecule has 0 bridgehead atoms. The Kier molecular flexibility index (Phi) is 8.89. The molecule has 0 aliphatic heterocycles. The number of hydrogen-bond acceptors (Lipinski definition) is 3. The molecule has 0 heterocycles. The maximum Gasteiger partial charge on any atom is 0.573 e. The molecular weight excluding hydrogens is 576 g/mol. The van der Waals surface area contributed by atoms with Gasteiger partial charge in [-0.2, -0.15) is 0 Å². The smallest absolute Gasteiger partial charge is 0.406 e. The van der Waals surface area contributed by atoms with Gasteiger partial charge in [-0.15, -0.1) is 26.3 Å². The fourth-order valence-electron chi connectivity index (χ4n) is 1.97. The first kappa shape index (κ1) is 27.1. The van der Waals surface area contributed by atoms with Crippen LogP contribution in [0.1, 0.15) is 29.8 Å². The van der Waals surface area contributed by atoms with Gasteiger partial charge in [0.25, 0.3) is 5.92 Å². The van der Waals surface area contributed by atoms with Gasteiger partial charge in [-0.1, -0.05) is 31.9 Å². The fourth-order valence-corrected chi connectivity index (χ4v) is 2.91. The number of Topliss-reactive ketones (excluding diaryl/α,β-unsaturated/α-hetero) is 1.